The van der Waals surface area contributed by atoms with Gasteiger partial charge in [-0.2, -0.15) is 8.42 Å². The highest BCUT2D eigenvalue weighted by Crippen LogP contribution is 2.31. The van der Waals surface area contributed by atoms with E-state index in [1.54, 1.807) is 37.3 Å². The summed E-state index contributed by atoms with van der Waals surface area (Å²) in [6, 6.07) is 11.7. The zero-order valence-corrected chi connectivity index (χ0v) is 18.9. The molecule has 0 atom stereocenters. The highest BCUT2D eigenvalue weighted by molar-refractivity contribution is 7.90. The molecular formula is C21H28N4O4S. The molecule has 0 radical (unpaired) electrons. The summed E-state index contributed by atoms with van der Waals surface area (Å²) in [5.41, 5.74) is 3.96. The first-order valence-electron chi connectivity index (χ1n) is 9.21. The SMILES string of the molecule is COc1ccc(OC)c(N=C(C)/C(=N/S(=O)(=O)c2ccc(C(C)(C)C)cc2)NN)c1. The minimum atomic E-state index is -3.99. The van der Waals surface area contributed by atoms with E-state index in [-0.39, 0.29) is 21.9 Å². The van der Waals surface area contributed by atoms with Crippen LogP contribution in [0, 0.1) is 0 Å². The van der Waals surface area contributed by atoms with Crippen LogP contribution in [-0.2, 0) is 15.4 Å². The second kappa shape index (κ2) is 9.27. The molecule has 8 nitrogen and oxygen atoms in total. The van der Waals surface area contributed by atoms with Gasteiger partial charge in [0.1, 0.15) is 17.2 Å². The maximum Gasteiger partial charge on any atom is 0.284 e. The van der Waals surface area contributed by atoms with E-state index in [4.69, 9.17) is 15.3 Å². The van der Waals surface area contributed by atoms with Crippen molar-refractivity contribution in [3.63, 3.8) is 0 Å². The molecule has 30 heavy (non-hydrogen) atoms. The number of hydrogen-bond donors (Lipinski definition) is 2. The van der Waals surface area contributed by atoms with Crippen LogP contribution in [0.1, 0.15) is 33.3 Å². The number of benzene rings is 2. The van der Waals surface area contributed by atoms with Crippen molar-refractivity contribution in [3.8, 4) is 11.5 Å². The van der Waals surface area contributed by atoms with Gasteiger partial charge in [-0.25, -0.2) is 10.8 Å². The fourth-order valence-corrected chi connectivity index (χ4v) is 3.63. The van der Waals surface area contributed by atoms with Gasteiger partial charge in [0, 0.05) is 6.07 Å². The quantitative estimate of drug-likeness (QED) is 0.313. The maximum absolute atomic E-state index is 12.8. The number of methoxy groups -OCH3 is 2. The molecule has 0 spiro atoms. The number of sulfonamides is 1. The Bertz CT molecular complexity index is 1050. The second-order valence-electron chi connectivity index (χ2n) is 7.57. The highest BCUT2D eigenvalue weighted by Gasteiger charge is 2.19. The van der Waals surface area contributed by atoms with Gasteiger partial charge in [-0.3, -0.25) is 0 Å². The van der Waals surface area contributed by atoms with Gasteiger partial charge in [-0.05, 0) is 42.2 Å². The van der Waals surface area contributed by atoms with Crippen LogP contribution in [0.5, 0.6) is 11.5 Å². The van der Waals surface area contributed by atoms with Crippen LogP contribution in [0.15, 0.2) is 56.8 Å². The fraction of sp³-hybridized carbons (Fsp3) is 0.333. The minimum absolute atomic E-state index is 0.0648. The molecule has 0 aliphatic heterocycles. The third kappa shape index (κ3) is 5.58. The molecule has 2 aromatic carbocycles. The van der Waals surface area contributed by atoms with Gasteiger partial charge in [-0.1, -0.05) is 32.9 Å². The Labute approximate surface area is 177 Å². The third-order valence-electron chi connectivity index (χ3n) is 4.38. The number of aliphatic imine (C=N–C) groups is 1. The van der Waals surface area contributed by atoms with E-state index < -0.39 is 10.0 Å². The summed E-state index contributed by atoms with van der Waals surface area (Å²) in [7, 11) is -0.943. The van der Waals surface area contributed by atoms with Gasteiger partial charge < -0.3 is 14.9 Å². The maximum atomic E-state index is 12.8. The number of ether oxygens (including phenoxy) is 2. The van der Waals surface area contributed by atoms with E-state index in [0.29, 0.717) is 17.2 Å². The first-order chi connectivity index (χ1) is 14.0. The third-order valence-corrected chi connectivity index (χ3v) is 5.67. The molecule has 0 heterocycles. The predicted molar refractivity (Wildman–Crippen MR) is 119 cm³/mol. The predicted octanol–water partition coefficient (Wildman–Crippen LogP) is 3.34. The first-order valence-corrected chi connectivity index (χ1v) is 10.7. The number of nitrogens with zero attached hydrogens (tertiary/aromatic N) is 2. The van der Waals surface area contributed by atoms with Crippen molar-refractivity contribution < 1.29 is 17.9 Å². The number of hydrazine groups is 1. The summed E-state index contributed by atoms with van der Waals surface area (Å²) in [4.78, 5) is 4.47. The molecule has 0 saturated carbocycles. The summed E-state index contributed by atoms with van der Waals surface area (Å²) >= 11 is 0. The smallest absolute Gasteiger partial charge is 0.284 e. The van der Waals surface area contributed by atoms with Gasteiger partial charge in [0.25, 0.3) is 10.0 Å². The summed E-state index contributed by atoms with van der Waals surface area (Å²) in [6.07, 6.45) is 0. The Morgan fingerprint density at radius 3 is 2.17 bits per heavy atom. The van der Waals surface area contributed by atoms with E-state index in [1.807, 2.05) is 0 Å². The Hall–Kier alpha value is -2.91. The molecule has 9 heteroatoms. The van der Waals surface area contributed by atoms with Crippen LogP contribution in [0.25, 0.3) is 0 Å². The van der Waals surface area contributed by atoms with E-state index in [9.17, 15) is 8.42 Å². The zero-order valence-electron chi connectivity index (χ0n) is 18.1. The zero-order chi connectivity index (χ0) is 22.5. The number of amidine groups is 1. The second-order valence-corrected chi connectivity index (χ2v) is 9.17. The Kier molecular flexibility index (Phi) is 7.22. The van der Waals surface area contributed by atoms with Crippen molar-refractivity contribution in [3.05, 3.63) is 48.0 Å². The molecular weight excluding hydrogens is 404 g/mol. The van der Waals surface area contributed by atoms with E-state index in [2.05, 4.69) is 35.6 Å². The van der Waals surface area contributed by atoms with Crippen LogP contribution in [0.4, 0.5) is 5.69 Å². The Balaban J connectivity index is 2.44. The van der Waals surface area contributed by atoms with E-state index >= 15 is 0 Å². The van der Waals surface area contributed by atoms with Crippen molar-refractivity contribution in [2.45, 2.75) is 38.0 Å². The van der Waals surface area contributed by atoms with Crippen LogP contribution in [0.3, 0.4) is 0 Å². The van der Waals surface area contributed by atoms with Crippen molar-refractivity contribution >= 4 is 27.3 Å². The largest absolute Gasteiger partial charge is 0.497 e. The molecule has 3 N–H and O–H groups in total. The Morgan fingerprint density at radius 1 is 1.03 bits per heavy atom. The molecule has 0 aliphatic rings. The molecule has 0 bridgehead atoms. The van der Waals surface area contributed by atoms with Crippen molar-refractivity contribution in [2.24, 2.45) is 15.2 Å². The average Bonchev–Trinajstić information content (AvgIpc) is 2.71. The molecule has 0 aliphatic carbocycles. The number of nitrogens with two attached hydrogens (primary N) is 1. The standard InChI is InChI=1S/C21H28N4O4S/c1-14(23-18-13-16(28-5)9-12-19(18)29-6)20(24-22)25-30(26,27)17-10-7-15(8-11-17)21(2,3)4/h7-13H,22H2,1-6H3,(H,24,25). The average molecular weight is 433 g/mol. The number of hydrogen-bond acceptors (Lipinski definition) is 6. The monoisotopic (exact) mass is 432 g/mol. The molecule has 0 saturated heterocycles. The van der Waals surface area contributed by atoms with Crippen LogP contribution >= 0.6 is 0 Å². The van der Waals surface area contributed by atoms with Gasteiger partial charge in [0.2, 0.25) is 0 Å². The molecule has 0 fully saturated rings. The first kappa shape index (κ1) is 23.4. The molecule has 162 valence electrons. The Morgan fingerprint density at radius 2 is 1.67 bits per heavy atom. The summed E-state index contributed by atoms with van der Waals surface area (Å²) in [6.45, 7) is 7.75. The normalized spacial score (nSPS) is 13.2. The summed E-state index contributed by atoms with van der Waals surface area (Å²) in [5, 5.41) is 0. The lowest BCUT2D eigenvalue weighted by atomic mass is 9.87. The van der Waals surface area contributed by atoms with E-state index in [0.717, 1.165) is 5.56 Å². The lowest BCUT2D eigenvalue weighted by molar-refractivity contribution is 0.404. The van der Waals surface area contributed by atoms with Crippen LogP contribution in [-0.4, -0.2) is 34.2 Å². The number of rotatable bonds is 6. The molecule has 0 amide bonds. The lowest BCUT2D eigenvalue weighted by Crippen LogP contribution is -2.36. The summed E-state index contributed by atoms with van der Waals surface area (Å²) < 4.78 is 39.9. The molecule has 0 unspecified atom stereocenters. The minimum Gasteiger partial charge on any atom is -0.497 e. The van der Waals surface area contributed by atoms with Gasteiger partial charge in [-0.15, -0.1) is 4.40 Å². The topological polar surface area (TPSA) is 115 Å². The highest BCUT2D eigenvalue weighted by atomic mass is 32.2. The molecule has 2 rings (SSSR count). The van der Waals surface area contributed by atoms with Gasteiger partial charge in [0.05, 0.1) is 24.8 Å². The van der Waals surface area contributed by atoms with E-state index in [1.165, 1.54) is 26.4 Å². The lowest BCUT2D eigenvalue weighted by Gasteiger charge is -2.18. The van der Waals surface area contributed by atoms with Crippen molar-refractivity contribution in [1.82, 2.24) is 5.43 Å². The van der Waals surface area contributed by atoms with Crippen LogP contribution in [0.2, 0.25) is 0 Å². The number of nitrogens with one attached hydrogen (secondary N) is 1. The van der Waals surface area contributed by atoms with Crippen molar-refractivity contribution in [1.29, 1.82) is 0 Å². The molecule has 2 aromatic rings. The molecule has 0 aromatic heterocycles. The van der Waals surface area contributed by atoms with Gasteiger partial charge in [0.15, 0.2) is 5.84 Å². The van der Waals surface area contributed by atoms with Crippen molar-refractivity contribution in [2.75, 3.05) is 14.2 Å². The summed E-state index contributed by atoms with van der Waals surface area (Å²) in [5.74, 6) is 6.52. The fourth-order valence-electron chi connectivity index (χ4n) is 2.61. The van der Waals surface area contributed by atoms with Gasteiger partial charge >= 0.3 is 0 Å². The van der Waals surface area contributed by atoms with Crippen LogP contribution < -0.4 is 20.7 Å².